The Hall–Kier alpha value is -2.86. The minimum Gasteiger partial charge on any atom is -0.483 e. The molecule has 3 aromatic carbocycles. The number of rotatable bonds is 9. The number of benzene rings is 3. The van der Waals surface area contributed by atoms with E-state index in [4.69, 9.17) is 4.74 Å². The van der Waals surface area contributed by atoms with Crippen LogP contribution in [0.5, 0.6) is 5.75 Å². The van der Waals surface area contributed by atoms with Crippen LogP contribution in [-0.4, -0.2) is 36.4 Å². The summed E-state index contributed by atoms with van der Waals surface area (Å²) in [6.07, 6.45) is 1.81. The number of halogens is 1. The Kier molecular flexibility index (Phi) is 8.06. The first-order valence-electron chi connectivity index (χ1n) is 10.5. The second kappa shape index (κ2) is 11.0. The van der Waals surface area contributed by atoms with Crippen molar-refractivity contribution in [2.45, 2.75) is 26.7 Å². The van der Waals surface area contributed by atoms with Crippen LogP contribution in [0.1, 0.15) is 37.0 Å². The third-order valence-electron chi connectivity index (χ3n) is 4.85. The molecule has 0 aliphatic rings. The topological polar surface area (TPSA) is 58.6 Å². The summed E-state index contributed by atoms with van der Waals surface area (Å²) in [5.74, 6) is 0.298. The number of hydrogen-bond donors (Lipinski definition) is 1. The summed E-state index contributed by atoms with van der Waals surface area (Å²) < 4.78 is 6.54. The summed E-state index contributed by atoms with van der Waals surface area (Å²) in [5, 5.41) is 4.93. The van der Waals surface area contributed by atoms with Crippen LogP contribution in [0.15, 0.2) is 65.1 Å². The fourth-order valence-electron chi connectivity index (χ4n) is 3.43. The van der Waals surface area contributed by atoms with E-state index < -0.39 is 0 Å². The van der Waals surface area contributed by atoms with Gasteiger partial charge in [0.2, 0.25) is 0 Å². The number of amides is 2. The first-order chi connectivity index (χ1) is 15.0. The molecule has 0 unspecified atom stereocenters. The van der Waals surface area contributed by atoms with Gasteiger partial charge >= 0.3 is 0 Å². The van der Waals surface area contributed by atoms with E-state index in [2.05, 4.69) is 35.1 Å². The number of nitrogens with one attached hydrogen (secondary N) is 1. The zero-order valence-corrected chi connectivity index (χ0v) is 19.4. The van der Waals surface area contributed by atoms with Crippen LogP contribution >= 0.6 is 15.9 Å². The van der Waals surface area contributed by atoms with Crippen LogP contribution in [0.25, 0.3) is 10.8 Å². The average molecular weight is 483 g/mol. The Morgan fingerprint density at radius 2 is 1.71 bits per heavy atom. The Balaban J connectivity index is 1.64. The first kappa shape index (κ1) is 22.8. The summed E-state index contributed by atoms with van der Waals surface area (Å²) in [5.41, 5.74) is 1.14. The third-order valence-corrected chi connectivity index (χ3v) is 5.67. The zero-order chi connectivity index (χ0) is 22.2. The maximum atomic E-state index is 12.8. The van der Waals surface area contributed by atoms with Gasteiger partial charge in [-0.2, -0.15) is 0 Å². The molecule has 0 aromatic heterocycles. The van der Waals surface area contributed by atoms with Crippen molar-refractivity contribution in [2.24, 2.45) is 0 Å². The van der Waals surface area contributed by atoms with Gasteiger partial charge in [0.1, 0.15) is 5.75 Å². The standard InChI is InChI=1S/C25H27BrN2O3/c1-3-14-28(15-4-2)25(30)19-9-7-10-20(16-19)27-23(29)17-31-22-13-12-18-8-5-6-11-21(18)24(22)26/h5-13,16H,3-4,14-15,17H2,1-2H3,(H,27,29). The van der Waals surface area contributed by atoms with Crippen molar-refractivity contribution in [3.63, 3.8) is 0 Å². The number of carbonyl (C=O) groups is 2. The maximum absolute atomic E-state index is 12.8. The van der Waals surface area contributed by atoms with Crippen molar-refractivity contribution in [3.8, 4) is 5.75 Å². The van der Waals surface area contributed by atoms with Gasteiger partial charge in [-0.25, -0.2) is 0 Å². The van der Waals surface area contributed by atoms with Gasteiger partial charge in [-0.3, -0.25) is 9.59 Å². The monoisotopic (exact) mass is 482 g/mol. The van der Waals surface area contributed by atoms with E-state index in [1.165, 1.54) is 0 Å². The number of hydrogen-bond acceptors (Lipinski definition) is 3. The summed E-state index contributed by atoms with van der Waals surface area (Å²) >= 11 is 3.56. The van der Waals surface area contributed by atoms with E-state index >= 15 is 0 Å². The zero-order valence-electron chi connectivity index (χ0n) is 17.9. The largest absolute Gasteiger partial charge is 0.483 e. The highest BCUT2D eigenvalue weighted by molar-refractivity contribution is 9.10. The van der Waals surface area contributed by atoms with Gasteiger partial charge in [0.15, 0.2) is 6.61 Å². The van der Waals surface area contributed by atoms with Crippen LogP contribution in [0.4, 0.5) is 5.69 Å². The van der Waals surface area contributed by atoms with Crippen LogP contribution < -0.4 is 10.1 Å². The second-order valence-electron chi connectivity index (χ2n) is 7.31. The molecule has 0 saturated carbocycles. The summed E-state index contributed by atoms with van der Waals surface area (Å²) in [4.78, 5) is 27.1. The van der Waals surface area contributed by atoms with E-state index in [0.717, 1.165) is 41.2 Å². The number of nitrogens with zero attached hydrogens (tertiary/aromatic N) is 1. The molecule has 5 nitrogen and oxygen atoms in total. The van der Waals surface area contributed by atoms with Crippen molar-refractivity contribution in [2.75, 3.05) is 25.0 Å². The Morgan fingerprint density at radius 3 is 2.45 bits per heavy atom. The molecule has 162 valence electrons. The predicted molar refractivity (Wildman–Crippen MR) is 129 cm³/mol. The summed E-state index contributed by atoms with van der Waals surface area (Å²) in [6.45, 7) is 5.42. The molecule has 0 fully saturated rings. The number of anilines is 1. The van der Waals surface area contributed by atoms with Crippen LogP contribution in [0.3, 0.4) is 0 Å². The second-order valence-corrected chi connectivity index (χ2v) is 8.10. The van der Waals surface area contributed by atoms with Crippen LogP contribution in [0.2, 0.25) is 0 Å². The lowest BCUT2D eigenvalue weighted by molar-refractivity contribution is -0.118. The lowest BCUT2D eigenvalue weighted by Gasteiger charge is -2.21. The molecule has 0 radical (unpaired) electrons. The van der Waals surface area contributed by atoms with Gasteiger partial charge in [-0.1, -0.05) is 50.2 Å². The Bertz CT molecular complexity index is 1060. The van der Waals surface area contributed by atoms with E-state index in [-0.39, 0.29) is 18.4 Å². The molecule has 3 aromatic rings. The van der Waals surface area contributed by atoms with E-state index in [9.17, 15) is 9.59 Å². The molecule has 1 N–H and O–H groups in total. The van der Waals surface area contributed by atoms with Crippen molar-refractivity contribution >= 4 is 44.2 Å². The molecule has 2 amide bonds. The molecule has 6 heteroatoms. The van der Waals surface area contributed by atoms with Crippen molar-refractivity contribution < 1.29 is 14.3 Å². The van der Waals surface area contributed by atoms with Gasteiger partial charge in [0, 0.05) is 24.3 Å². The molecule has 0 spiro atoms. The maximum Gasteiger partial charge on any atom is 0.262 e. The molecule has 3 rings (SSSR count). The van der Waals surface area contributed by atoms with Crippen molar-refractivity contribution in [1.29, 1.82) is 0 Å². The molecule has 0 saturated heterocycles. The molecular weight excluding hydrogens is 456 g/mol. The van der Waals surface area contributed by atoms with Gasteiger partial charge in [0.25, 0.3) is 11.8 Å². The Labute approximate surface area is 191 Å². The highest BCUT2D eigenvalue weighted by atomic mass is 79.9. The number of fused-ring (bicyclic) bond motifs is 1. The smallest absolute Gasteiger partial charge is 0.262 e. The van der Waals surface area contributed by atoms with Gasteiger partial charge < -0.3 is 15.0 Å². The molecule has 0 aliphatic heterocycles. The predicted octanol–water partition coefficient (Wildman–Crippen LogP) is 5.88. The highest BCUT2D eigenvalue weighted by Gasteiger charge is 2.15. The molecule has 0 atom stereocenters. The van der Waals surface area contributed by atoms with E-state index in [1.807, 2.05) is 41.3 Å². The fourth-order valence-corrected chi connectivity index (χ4v) is 4.04. The van der Waals surface area contributed by atoms with Crippen molar-refractivity contribution in [3.05, 3.63) is 70.7 Å². The lowest BCUT2D eigenvalue weighted by Crippen LogP contribution is -2.32. The highest BCUT2D eigenvalue weighted by Crippen LogP contribution is 2.33. The van der Waals surface area contributed by atoms with Gasteiger partial charge in [0.05, 0.1) is 4.47 Å². The average Bonchev–Trinajstić information content (AvgIpc) is 2.78. The van der Waals surface area contributed by atoms with Crippen LogP contribution in [0, 0.1) is 0 Å². The molecule has 0 heterocycles. The number of ether oxygens (including phenoxy) is 1. The van der Waals surface area contributed by atoms with Crippen molar-refractivity contribution in [1.82, 2.24) is 4.90 Å². The first-order valence-corrected chi connectivity index (χ1v) is 11.3. The third kappa shape index (κ3) is 5.85. The molecule has 0 bridgehead atoms. The lowest BCUT2D eigenvalue weighted by atomic mass is 10.1. The molecule has 31 heavy (non-hydrogen) atoms. The van der Waals surface area contributed by atoms with Gasteiger partial charge in [-0.05, 0) is 63.8 Å². The summed E-state index contributed by atoms with van der Waals surface area (Å²) in [7, 11) is 0. The Morgan fingerprint density at radius 1 is 0.968 bits per heavy atom. The minimum absolute atomic E-state index is 0.0175. The molecule has 0 aliphatic carbocycles. The summed E-state index contributed by atoms with van der Waals surface area (Å²) in [6, 6.07) is 18.8. The van der Waals surface area contributed by atoms with E-state index in [1.54, 1.807) is 24.3 Å². The van der Waals surface area contributed by atoms with Crippen LogP contribution in [-0.2, 0) is 4.79 Å². The number of carbonyl (C=O) groups excluding carboxylic acids is 2. The minimum atomic E-state index is -0.288. The normalized spacial score (nSPS) is 10.7. The SMILES string of the molecule is CCCN(CCC)C(=O)c1cccc(NC(=O)COc2ccc3ccccc3c2Br)c1. The fraction of sp³-hybridized carbons (Fsp3) is 0.280. The quantitative estimate of drug-likeness (QED) is 0.414. The van der Waals surface area contributed by atoms with Gasteiger partial charge in [-0.15, -0.1) is 0 Å². The molecular formula is C25H27BrN2O3. The van der Waals surface area contributed by atoms with E-state index in [0.29, 0.717) is 17.0 Å².